The van der Waals surface area contributed by atoms with E-state index in [1.807, 2.05) is 0 Å². The molecule has 0 heterocycles. The molecule has 0 aromatic rings. The SMILES string of the molecule is C=CCNC(=O)C(C)(C)C(O)C(C)(C)C(C)=O. The summed E-state index contributed by atoms with van der Waals surface area (Å²) in [5.41, 5.74) is -1.98. The van der Waals surface area contributed by atoms with Gasteiger partial charge in [0.05, 0.1) is 11.5 Å². The topological polar surface area (TPSA) is 66.4 Å². The molecule has 0 aliphatic rings. The molecule has 4 heteroatoms. The van der Waals surface area contributed by atoms with E-state index < -0.39 is 16.9 Å². The molecule has 0 aliphatic carbocycles. The fraction of sp³-hybridized carbons (Fsp3) is 0.692. The monoisotopic (exact) mass is 241 g/mol. The molecule has 1 unspecified atom stereocenters. The van der Waals surface area contributed by atoms with Crippen molar-refractivity contribution >= 4 is 11.7 Å². The van der Waals surface area contributed by atoms with Crippen LogP contribution in [0.25, 0.3) is 0 Å². The van der Waals surface area contributed by atoms with Crippen LogP contribution in [0.15, 0.2) is 12.7 Å². The molecular formula is C13H23NO3. The van der Waals surface area contributed by atoms with Crippen LogP contribution in [0.1, 0.15) is 34.6 Å². The van der Waals surface area contributed by atoms with Crippen LogP contribution >= 0.6 is 0 Å². The molecule has 98 valence electrons. The molecule has 0 aromatic carbocycles. The molecule has 1 atom stereocenters. The van der Waals surface area contributed by atoms with Crippen molar-refractivity contribution in [3.63, 3.8) is 0 Å². The second-order valence-electron chi connectivity index (χ2n) is 5.40. The number of hydrogen-bond acceptors (Lipinski definition) is 3. The van der Waals surface area contributed by atoms with Gasteiger partial charge in [0.15, 0.2) is 0 Å². The van der Waals surface area contributed by atoms with E-state index in [0.717, 1.165) is 0 Å². The minimum absolute atomic E-state index is 0.144. The molecule has 0 saturated heterocycles. The minimum Gasteiger partial charge on any atom is -0.391 e. The number of aliphatic hydroxyl groups excluding tert-OH is 1. The van der Waals surface area contributed by atoms with Gasteiger partial charge in [-0.3, -0.25) is 9.59 Å². The first-order valence-corrected chi connectivity index (χ1v) is 5.66. The van der Waals surface area contributed by atoms with E-state index in [1.165, 1.54) is 6.92 Å². The highest BCUT2D eigenvalue weighted by Gasteiger charge is 2.46. The predicted molar refractivity (Wildman–Crippen MR) is 67.5 cm³/mol. The number of rotatable bonds is 6. The third-order valence-electron chi connectivity index (χ3n) is 3.27. The molecule has 2 N–H and O–H groups in total. The first-order chi connectivity index (χ1) is 7.58. The van der Waals surface area contributed by atoms with Gasteiger partial charge in [-0.05, 0) is 20.8 Å². The lowest BCUT2D eigenvalue weighted by Gasteiger charge is -2.38. The number of ketones is 1. The number of carbonyl (C=O) groups excluding carboxylic acids is 2. The maximum atomic E-state index is 11.9. The van der Waals surface area contributed by atoms with Gasteiger partial charge in [0.25, 0.3) is 0 Å². The lowest BCUT2D eigenvalue weighted by Crippen LogP contribution is -2.52. The molecule has 1 amide bonds. The highest BCUT2D eigenvalue weighted by Crippen LogP contribution is 2.35. The largest absolute Gasteiger partial charge is 0.391 e. The van der Waals surface area contributed by atoms with Gasteiger partial charge in [-0.25, -0.2) is 0 Å². The van der Waals surface area contributed by atoms with Crippen LogP contribution in [0, 0.1) is 10.8 Å². The lowest BCUT2D eigenvalue weighted by molar-refractivity contribution is -0.147. The van der Waals surface area contributed by atoms with E-state index in [-0.39, 0.29) is 11.7 Å². The third-order valence-corrected chi connectivity index (χ3v) is 3.27. The molecular weight excluding hydrogens is 218 g/mol. The highest BCUT2D eigenvalue weighted by atomic mass is 16.3. The molecule has 17 heavy (non-hydrogen) atoms. The van der Waals surface area contributed by atoms with Crippen molar-refractivity contribution in [3.8, 4) is 0 Å². The van der Waals surface area contributed by atoms with E-state index in [4.69, 9.17) is 0 Å². The van der Waals surface area contributed by atoms with Crippen molar-refractivity contribution in [2.75, 3.05) is 6.54 Å². The van der Waals surface area contributed by atoms with Gasteiger partial charge in [0, 0.05) is 12.0 Å². The van der Waals surface area contributed by atoms with Crippen LogP contribution in [0.2, 0.25) is 0 Å². The van der Waals surface area contributed by atoms with E-state index in [9.17, 15) is 14.7 Å². The Morgan fingerprint density at radius 1 is 1.29 bits per heavy atom. The number of amides is 1. The van der Waals surface area contributed by atoms with E-state index in [2.05, 4.69) is 11.9 Å². The summed E-state index contributed by atoms with van der Waals surface area (Å²) in [4.78, 5) is 23.4. The van der Waals surface area contributed by atoms with Gasteiger partial charge in [0.1, 0.15) is 5.78 Å². The third kappa shape index (κ3) is 3.40. The van der Waals surface area contributed by atoms with Crippen molar-refractivity contribution in [2.45, 2.75) is 40.7 Å². The van der Waals surface area contributed by atoms with Gasteiger partial charge in [-0.15, -0.1) is 6.58 Å². The van der Waals surface area contributed by atoms with Crippen molar-refractivity contribution in [3.05, 3.63) is 12.7 Å². The number of Topliss-reactive ketones (excluding diaryl/α,β-unsaturated/α-hetero) is 1. The van der Waals surface area contributed by atoms with Crippen LogP contribution < -0.4 is 5.32 Å². The first kappa shape index (κ1) is 15.8. The van der Waals surface area contributed by atoms with Gasteiger partial charge in [0.2, 0.25) is 5.91 Å². The molecule has 0 aliphatic heterocycles. The maximum Gasteiger partial charge on any atom is 0.228 e. The van der Waals surface area contributed by atoms with Crippen LogP contribution in [-0.4, -0.2) is 29.4 Å². The Morgan fingerprint density at radius 2 is 1.76 bits per heavy atom. The Labute approximate surface area is 103 Å². The second kappa shape index (κ2) is 5.45. The Morgan fingerprint density at radius 3 is 2.12 bits per heavy atom. The molecule has 0 spiro atoms. The number of nitrogens with one attached hydrogen (secondary N) is 1. The molecule has 4 nitrogen and oxygen atoms in total. The molecule has 0 bridgehead atoms. The normalized spacial score (nSPS) is 14.0. The maximum absolute atomic E-state index is 11.9. The molecule has 0 rings (SSSR count). The summed E-state index contributed by atoms with van der Waals surface area (Å²) in [6.07, 6.45) is 0.522. The Bertz CT molecular complexity index is 319. The summed E-state index contributed by atoms with van der Waals surface area (Å²) in [5, 5.41) is 12.9. The average Bonchev–Trinajstić information content (AvgIpc) is 2.24. The van der Waals surface area contributed by atoms with Gasteiger partial charge >= 0.3 is 0 Å². The Balaban J connectivity index is 4.98. The smallest absolute Gasteiger partial charge is 0.228 e. The Hall–Kier alpha value is -1.16. The highest BCUT2D eigenvalue weighted by molar-refractivity contribution is 5.86. The Kier molecular flexibility index (Phi) is 5.08. The predicted octanol–water partition coefficient (Wildman–Crippen LogP) is 1.29. The summed E-state index contributed by atoms with van der Waals surface area (Å²) in [5.74, 6) is -0.436. The minimum atomic E-state index is -1.04. The van der Waals surface area contributed by atoms with Crippen LogP contribution in [0.4, 0.5) is 0 Å². The van der Waals surface area contributed by atoms with E-state index in [0.29, 0.717) is 6.54 Å². The summed E-state index contributed by atoms with van der Waals surface area (Å²) in [7, 11) is 0. The molecule has 0 saturated carbocycles. The summed E-state index contributed by atoms with van der Waals surface area (Å²) in [6.45, 7) is 11.8. The first-order valence-electron chi connectivity index (χ1n) is 5.66. The van der Waals surface area contributed by atoms with Crippen LogP contribution in [0.5, 0.6) is 0 Å². The molecule has 0 aromatic heterocycles. The number of aliphatic hydroxyl groups is 1. The van der Waals surface area contributed by atoms with E-state index >= 15 is 0 Å². The van der Waals surface area contributed by atoms with Crippen molar-refractivity contribution < 1.29 is 14.7 Å². The van der Waals surface area contributed by atoms with Crippen LogP contribution in [-0.2, 0) is 9.59 Å². The summed E-state index contributed by atoms with van der Waals surface area (Å²) >= 11 is 0. The lowest BCUT2D eigenvalue weighted by atomic mass is 9.69. The van der Waals surface area contributed by atoms with Gasteiger partial charge in [-0.1, -0.05) is 19.9 Å². The zero-order valence-corrected chi connectivity index (χ0v) is 11.3. The van der Waals surface area contributed by atoms with Crippen molar-refractivity contribution in [1.29, 1.82) is 0 Å². The van der Waals surface area contributed by atoms with Crippen molar-refractivity contribution in [1.82, 2.24) is 5.32 Å². The van der Waals surface area contributed by atoms with Crippen molar-refractivity contribution in [2.24, 2.45) is 10.8 Å². The zero-order chi connectivity index (χ0) is 13.9. The molecule has 0 radical (unpaired) electrons. The number of carbonyl (C=O) groups is 2. The van der Waals surface area contributed by atoms with Gasteiger partial charge in [-0.2, -0.15) is 0 Å². The number of hydrogen-bond donors (Lipinski definition) is 2. The average molecular weight is 241 g/mol. The fourth-order valence-corrected chi connectivity index (χ4v) is 1.61. The quantitative estimate of drug-likeness (QED) is 0.689. The fourth-order valence-electron chi connectivity index (χ4n) is 1.61. The summed E-state index contributed by atoms with van der Waals surface area (Å²) < 4.78 is 0. The standard InChI is InChI=1S/C13H23NO3/c1-7-8-14-11(17)13(5,6)10(16)12(3,4)9(2)15/h7,10,16H,1,8H2,2-6H3,(H,14,17). The van der Waals surface area contributed by atoms with Crippen LogP contribution in [0.3, 0.4) is 0 Å². The summed E-state index contributed by atoms with van der Waals surface area (Å²) in [6, 6.07) is 0. The second-order valence-corrected chi connectivity index (χ2v) is 5.40. The molecule has 0 fully saturated rings. The zero-order valence-electron chi connectivity index (χ0n) is 11.3. The van der Waals surface area contributed by atoms with E-state index in [1.54, 1.807) is 33.8 Å². The van der Waals surface area contributed by atoms with Gasteiger partial charge < -0.3 is 10.4 Å².